The van der Waals surface area contributed by atoms with Crippen LogP contribution in [0.15, 0.2) is 83.8 Å². The van der Waals surface area contributed by atoms with E-state index in [0.717, 1.165) is 16.4 Å². The number of epoxide rings is 1. The molecule has 162 valence electrons. The third-order valence-electron chi connectivity index (χ3n) is 4.56. The van der Waals surface area contributed by atoms with Crippen molar-refractivity contribution in [2.75, 3.05) is 17.5 Å². The van der Waals surface area contributed by atoms with Gasteiger partial charge in [0, 0.05) is 6.07 Å². The third kappa shape index (κ3) is 4.83. The highest BCUT2D eigenvalue weighted by molar-refractivity contribution is 7.93. The Morgan fingerprint density at radius 3 is 2.13 bits per heavy atom. The second-order valence-electron chi connectivity index (χ2n) is 6.90. The van der Waals surface area contributed by atoms with Gasteiger partial charge in [-0.25, -0.2) is 12.7 Å². The largest absolute Gasteiger partial charge is 0.491 e. The molecule has 0 amide bonds. The molecule has 1 aliphatic heterocycles. The number of ether oxygens (including phenoxy) is 2. The molecule has 0 aromatic heterocycles. The van der Waals surface area contributed by atoms with Crippen LogP contribution in [0.25, 0.3) is 0 Å². The molecule has 3 aromatic rings. The predicted molar refractivity (Wildman–Crippen MR) is 109 cm³/mol. The molecule has 0 radical (unpaired) electrons. The number of hydrogen-bond donors (Lipinski definition) is 0. The van der Waals surface area contributed by atoms with Crippen molar-refractivity contribution in [1.29, 1.82) is 0 Å². The smallest absolute Gasteiger partial charge is 0.416 e. The van der Waals surface area contributed by atoms with Crippen LogP contribution in [0.3, 0.4) is 0 Å². The SMILES string of the molecule is O=S(=O)(c1ccccc1)N(c1ccccc1)c1cc(OCC2CO2)cc(C(F)(F)F)c1. The fourth-order valence-corrected chi connectivity index (χ4v) is 4.48. The van der Waals surface area contributed by atoms with Crippen LogP contribution in [0.4, 0.5) is 24.5 Å². The van der Waals surface area contributed by atoms with Gasteiger partial charge in [-0.15, -0.1) is 0 Å². The first-order valence-corrected chi connectivity index (χ1v) is 10.8. The molecule has 5 nitrogen and oxygen atoms in total. The number of nitrogens with zero attached hydrogens (tertiary/aromatic N) is 1. The maximum Gasteiger partial charge on any atom is 0.416 e. The zero-order valence-corrected chi connectivity index (χ0v) is 16.9. The molecule has 0 N–H and O–H groups in total. The molecule has 0 aliphatic carbocycles. The summed E-state index contributed by atoms with van der Waals surface area (Å²) in [6.45, 7) is 0.557. The van der Waals surface area contributed by atoms with Crippen LogP contribution in [0, 0.1) is 0 Å². The van der Waals surface area contributed by atoms with E-state index < -0.39 is 21.8 Å². The van der Waals surface area contributed by atoms with E-state index in [1.54, 1.807) is 36.4 Å². The molecule has 1 fully saturated rings. The highest BCUT2D eigenvalue weighted by atomic mass is 32.2. The molecule has 31 heavy (non-hydrogen) atoms. The van der Waals surface area contributed by atoms with Gasteiger partial charge in [0.15, 0.2) is 0 Å². The summed E-state index contributed by atoms with van der Waals surface area (Å²) in [5, 5.41) is 0. The first-order valence-electron chi connectivity index (χ1n) is 9.37. The van der Waals surface area contributed by atoms with E-state index >= 15 is 0 Å². The average molecular weight is 449 g/mol. The summed E-state index contributed by atoms with van der Waals surface area (Å²) >= 11 is 0. The Morgan fingerprint density at radius 1 is 0.935 bits per heavy atom. The molecule has 1 heterocycles. The molecule has 0 spiro atoms. The van der Waals surface area contributed by atoms with Gasteiger partial charge in [0.05, 0.1) is 28.4 Å². The molecule has 9 heteroatoms. The van der Waals surface area contributed by atoms with Crippen LogP contribution in [-0.4, -0.2) is 27.7 Å². The Labute approximate surface area is 177 Å². The lowest BCUT2D eigenvalue weighted by molar-refractivity contribution is -0.137. The molecule has 4 rings (SSSR count). The van der Waals surface area contributed by atoms with Crippen molar-refractivity contribution in [1.82, 2.24) is 0 Å². The van der Waals surface area contributed by atoms with Crippen LogP contribution in [0.1, 0.15) is 5.56 Å². The fraction of sp³-hybridized carbons (Fsp3) is 0.182. The number of anilines is 2. The number of alkyl halides is 3. The molecule has 1 atom stereocenters. The lowest BCUT2D eigenvalue weighted by Crippen LogP contribution is -2.26. The van der Waals surface area contributed by atoms with Gasteiger partial charge in [0.1, 0.15) is 18.5 Å². The van der Waals surface area contributed by atoms with Gasteiger partial charge in [-0.3, -0.25) is 0 Å². The summed E-state index contributed by atoms with van der Waals surface area (Å²) in [6.07, 6.45) is -4.86. The fourth-order valence-electron chi connectivity index (χ4n) is 2.99. The van der Waals surface area contributed by atoms with Crippen molar-refractivity contribution in [2.24, 2.45) is 0 Å². The van der Waals surface area contributed by atoms with E-state index in [1.165, 1.54) is 30.3 Å². The molecule has 3 aromatic carbocycles. The molecule has 1 aliphatic rings. The van der Waals surface area contributed by atoms with Crippen LogP contribution in [0.5, 0.6) is 5.75 Å². The van der Waals surface area contributed by atoms with Crippen LogP contribution < -0.4 is 9.04 Å². The maximum absolute atomic E-state index is 13.6. The minimum Gasteiger partial charge on any atom is -0.491 e. The lowest BCUT2D eigenvalue weighted by atomic mass is 10.1. The normalized spacial score (nSPS) is 16.0. The average Bonchev–Trinajstić information content (AvgIpc) is 3.57. The zero-order chi connectivity index (χ0) is 22.1. The van der Waals surface area contributed by atoms with Gasteiger partial charge >= 0.3 is 6.18 Å². The number of sulfonamides is 1. The Bertz CT molecular complexity index is 1150. The van der Waals surface area contributed by atoms with Gasteiger partial charge in [-0.05, 0) is 36.4 Å². The first kappa shape index (κ1) is 21.2. The number of benzene rings is 3. The van der Waals surface area contributed by atoms with Gasteiger partial charge in [-0.1, -0.05) is 36.4 Å². The van der Waals surface area contributed by atoms with Crippen LogP contribution >= 0.6 is 0 Å². The monoisotopic (exact) mass is 449 g/mol. The van der Waals surface area contributed by atoms with E-state index in [4.69, 9.17) is 9.47 Å². The van der Waals surface area contributed by atoms with Crippen molar-refractivity contribution >= 4 is 21.4 Å². The molecular formula is C22H18F3NO4S. The lowest BCUT2D eigenvalue weighted by Gasteiger charge is -2.26. The van der Waals surface area contributed by atoms with Crippen molar-refractivity contribution in [3.8, 4) is 5.75 Å². The number of hydrogen-bond acceptors (Lipinski definition) is 4. The van der Waals surface area contributed by atoms with Gasteiger partial charge in [-0.2, -0.15) is 13.2 Å². The quantitative estimate of drug-likeness (QED) is 0.476. The summed E-state index contributed by atoms with van der Waals surface area (Å²) in [5.74, 6) is -0.0930. The Balaban J connectivity index is 1.87. The van der Waals surface area contributed by atoms with Gasteiger partial charge < -0.3 is 9.47 Å². The van der Waals surface area contributed by atoms with Gasteiger partial charge in [0.2, 0.25) is 0 Å². The topological polar surface area (TPSA) is 59.1 Å². The molecule has 1 saturated heterocycles. The van der Waals surface area contributed by atoms with Crippen molar-refractivity contribution in [2.45, 2.75) is 17.2 Å². The van der Waals surface area contributed by atoms with Gasteiger partial charge in [0.25, 0.3) is 10.0 Å². The minimum atomic E-state index is -4.69. The summed E-state index contributed by atoms with van der Waals surface area (Å²) in [6, 6.07) is 18.4. The highest BCUT2D eigenvalue weighted by Crippen LogP contribution is 2.39. The second-order valence-corrected chi connectivity index (χ2v) is 8.68. The summed E-state index contributed by atoms with van der Waals surface area (Å²) in [4.78, 5) is -0.0508. The van der Waals surface area contributed by atoms with E-state index in [1.807, 2.05) is 0 Å². The van der Waals surface area contributed by atoms with E-state index in [-0.39, 0.29) is 34.7 Å². The number of halogens is 3. The van der Waals surface area contributed by atoms with Crippen molar-refractivity contribution in [3.05, 3.63) is 84.4 Å². The zero-order valence-electron chi connectivity index (χ0n) is 16.1. The minimum absolute atomic E-state index is 0.0508. The van der Waals surface area contributed by atoms with E-state index in [2.05, 4.69) is 0 Å². The molecule has 0 bridgehead atoms. The van der Waals surface area contributed by atoms with Crippen molar-refractivity contribution < 1.29 is 31.1 Å². The molecule has 0 saturated carbocycles. The third-order valence-corrected chi connectivity index (χ3v) is 6.33. The van der Waals surface area contributed by atoms with E-state index in [9.17, 15) is 21.6 Å². The highest BCUT2D eigenvalue weighted by Gasteiger charge is 2.34. The molecule has 1 unspecified atom stereocenters. The Kier molecular flexibility index (Phi) is 5.63. The maximum atomic E-state index is 13.6. The standard InChI is InChI=1S/C22H18F3NO4S/c23-22(24,25)16-11-18(13-19(12-16)29-14-20-15-30-20)26(17-7-3-1-4-8-17)31(27,28)21-9-5-2-6-10-21/h1-13,20H,14-15H2. The number of para-hydroxylation sites is 1. The summed E-state index contributed by atoms with van der Waals surface area (Å²) in [7, 11) is -4.22. The van der Waals surface area contributed by atoms with E-state index in [0.29, 0.717) is 6.61 Å². The predicted octanol–water partition coefficient (Wildman–Crippen LogP) is 5.01. The number of rotatable bonds is 7. The first-order chi connectivity index (χ1) is 14.7. The van der Waals surface area contributed by atoms with Crippen molar-refractivity contribution in [3.63, 3.8) is 0 Å². The summed E-state index contributed by atoms with van der Waals surface area (Å²) < 4.78 is 79.1. The molecular weight excluding hydrogens is 431 g/mol. The Hall–Kier alpha value is -3.04. The van der Waals surface area contributed by atoms with Crippen LogP contribution in [0.2, 0.25) is 0 Å². The summed E-state index contributed by atoms with van der Waals surface area (Å²) in [5.41, 5.74) is -1.00. The Morgan fingerprint density at radius 2 is 1.55 bits per heavy atom. The second kappa shape index (κ2) is 8.24. The van der Waals surface area contributed by atoms with Crippen LogP contribution in [-0.2, 0) is 20.9 Å².